The second-order valence-electron chi connectivity index (χ2n) is 16.1. The molecule has 0 radical (unpaired) electrons. The van der Waals surface area contributed by atoms with Gasteiger partial charge in [-0.25, -0.2) is 4.98 Å². The van der Waals surface area contributed by atoms with E-state index in [1.807, 2.05) is 94.2 Å². The molecule has 13 heteroatoms. The van der Waals surface area contributed by atoms with Gasteiger partial charge >= 0.3 is 0 Å². The van der Waals surface area contributed by atoms with Crippen LogP contribution in [-0.2, 0) is 35.1 Å². The molecule has 8 unspecified atom stereocenters. The van der Waals surface area contributed by atoms with E-state index in [2.05, 4.69) is 29.5 Å². The van der Waals surface area contributed by atoms with E-state index in [9.17, 15) is 19.2 Å². The molecule has 308 valence electrons. The third-order valence-electron chi connectivity index (χ3n) is 11.3. The lowest BCUT2D eigenvalue weighted by Crippen LogP contribution is -2.59. The van der Waals surface area contributed by atoms with Gasteiger partial charge in [-0.2, -0.15) is 0 Å². The zero-order valence-electron chi connectivity index (χ0n) is 35.3. The molecule has 0 saturated carbocycles. The normalized spacial score (nSPS) is 19.0. The molecule has 2 heterocycles. The number of likely N-dealkylation sites (tertiary alicyclic amines) is 1. The molecule has 1 aromatic heterocycles. The number of nitrogens with zero attached hydrogens (tertiary/aromatic N) is 4. The van der Waals surface area contributed by atoms with E-state index in [-0.39, 0.29) is 65.9 Å². The summed E-state index contributed by atoms with van der Waals surface area (Å²) in [4.78, 5) is 65.8. The van der Waals surface area contributed by atoms with Crippen molar-refractivity contribution < 1.29 is 28.7 Å². The zero-order chi connectivity index (χ0) is 41.0. The van der Waals surface area contributed by atoms with Crippen molar-refractivity contribution in [3.63, 3.8) is 0 Å². The van der Waals surface area contributed by atoms with Crippen LogP contribution in [-0.4, -0.2) is 122 Å². The average molecular weight is 785 g/mol. The van der Waals surface area contributed by atoms with Crippen molar-refractivity contribution in [2.75, 3.05) is 41.9 Å². The number of methoxy groups -OCH3 is 2. The monoisotopic (exact) mass is 784 g/mol. The van der Waals surface area contributed by atoms with Crippen LogP contribution in [0.2, 0.25) is 0 Å². The number of ether oxygens (including phenoxy) is 2. The minimum absolute atomic E-state index is 0.00751. The number of hydrogen-bond donors (Lipinski definition) is 2. The molecule has 1 fully saturated rings. The van der Waals surface area contributed by atoms with Gasteiger partial charge in [0.15, 0.2) is 0 Å². The Balaban J connectivity index is 1.79. The second-order valence-corrected chi connectivity index (χ2v) is 17.0. The number of benzene rings is 1. The number of amides is 4. The minimum Gasteiger partial charge on any atom is -0.379 e. The van der Waals surface area contributed by atoms with Crippen LogP contribution in [0.5, 0.6) is 0 Å². The van der Waals surface area contributed by atoms with Crippen molar-refractivity contribution in [2.24, 2.45) is 23.7 Å². The molecule has 3 rings (SSSR count). The van der Waals surface area contributed by atoms with Crippen LogP contribution < -0.4 is 10.6 Å². The van der Waals surface area contributed by atoms with E-state index in [0.717, 1.165) is 23.4 Å². The summed E-state index contributed by atoms with van der Waals surface area (Å²) in [7, 11) is 8.66. The highest BCUT2D eigenvalue weighted by molar-refractivity contribution is 7.09. The van der Waals surface area contributed by atoms with Gasteiger partial charge in [-0.1, -0.05) is 85.2 Å². The van der Waals surface area contributed by atoms with Gasteiger partial charge < -0.3 is 29.9 Å². The first-order valence-electron chi connectivity index (χ1n) is 19.9. The molecule has 0 aliphatic carbocycles. The van der Waals surface area contributed by atoms with Crippen LogP contribution in [0.3, 0.4) is 0 Å². The Bertz CT molecular complexity index is 1480. The minimum atomic E-state index is -0.751. The average Bonchev–Trinajstić information content (AvgIpc) is 3.87. The Morgan fingerprint density at radius 1 is 0.945 bits per heavy atom. The number of hydrogen-bond acceptors (Lipinski definition) is 9. The van der Waals surface area contributed by atoms with Crippen LogP contribution in [0.1, 0.15) is 90.8 Å². The predicted molar refractivity (Wildman–Crippen MR) is 218 cm³/mol. The maximum atomic E-state index is 14.3. The molecule has 2 aromatic rings. The lowest BCUT2D eigenvalue weighted by Gasteiger charge is -2.41. The van der Waals surface area contributed by atoms with Gasteiger partial charge in [-0.05, 0) is 56.7 Å². The summed E-state index contributed by atoms with van der Waals surface area (Å²) in [5, 5.41) is 9.02. The Hall–Kier alpha value is -3.39. The molecule has 12 nitrogen and oxygen atoms in total. The predicted octanol–water partition coefficient (Wildman–Crippen LogP) is 5.19. The Morgan fingerprint density at radius 2 is 1.62 bits per heavy atom. The quantitative estimate of drug-likeness (QED) is 0.177. The van der Waals surface area contributed by atoms with Crippen molar-refractivity contribution in [1.29, 1.82) is 0 Å². The molecule has 9 atom stereocenters. The summed E-state index contributed by atoms with van der Waals surface area (Å²) in [5.41, 5.74) is 1.09. The number of aromatic nitrogens is 1. The standard InChI is InChI=1S/C42H68N6O6S/c1-13-28(6)37(47(10)42(52)35(26(2)3)45-40(51)36(27(4)5)46(8)9)33(53-11)25-34(49)48-22-17-20-32(48)38(54-12)29(7)39(50)44-31(41-43-21-23-55-41)24-30-18-15-14-16-19-30/h14-16,18-19,21,23,26-29,31-33,35-38H,13,17,20,22,24-25H2,1-12H3,(H,44,50)(H,45,51)/t28?,29?,31?,32?,33?,35-,36?,37?,38?/m0/s1. The SMILES string of the molecule is CCC(C)C(C(CC(=O)N1CCCC1C(OC)C(C)C(=O)NC(Cc1ccccc1)c1nccs1)OC)N(C)C(=O)[C@@H](NC(=O)C(C(C)C)N(C)C)C(C)C. The van der Waals surface area contributed by atoms with Crippen LogP contribution in [0.15, 0.2) is 41.9 Å². The number of thiazole rings is 1. The highest BCUT2D eigenvalue weighted by Crippen LogP contribution is 2.30. The molecule has 0 bridgehead atoms. The fourth-order valence-corrected chi connectivity index (χ4v) is 8.86. The van der Waals surface area contributed by atoms with Crippen molar-refractivity contribution in [3.05, 3.63) is 52.5 Å². The summed E-state index contributed by atoms with van der Waals surface area (Å²) in [6, 6.07) is 7.83. The summed E-state index contributed by atoms with van der Waals surface area (Å²) in [6.07, 6.45) is 3.49. The van der Waals surface area contributed by atoms with E-state index in [4.69, 9.17) is 9.47 Å². The Kier molecular flexibility index (Phi) is 18.2. The van der Waals surface area contributed by atoms with E-state index < -0.39 is 30.2 Å². The van der Waals surface area contributed by atoms with E-state index in [1.165, 1.54) is 11.3 Å². The number of nitrogens with one attached hydrogen (secondary N) is 2. The largest absolute Gasteiger partial charge is 0.379 e. The first-order chi connectivity index (χ1) is 26.1. The second kappa shape index (κ2) is 21.8. The fourth-order valence-electron chi connectivity index (χ4n) is 8.17. The van der Waals surface area contributed by atoms with E-state index in [1.54, 1.807) is 32.4 Å². The number of likely N-dealkylation sites (N-methyl/N-ethyl adjacent to an activating group) is 2. The highest BCUT2D eigenvalue weighted by Gasteiger charge is 2.43. The van der Waals surface area contributed by atoms with Gasteiger partial charge in [-0.15, -0.1) is 11.3 Å². The summed E-state index contributed by atoms with van der Waals surface area (Å²) in [6.45, 7) is 14.3. The summed E-state index contributed by atoms with van der Waals surface area (Å²) in [5.74, 6) is -1.35. The summed E-state index contributed by atoms with van der Waals surface area (Å²) < 4.78 is 12.1. The molecular weight excluding hydrogens is 717 g/mol. The Morgan fingerprint density at radius 3 is 2.15 bits per heavy atom. The van der Waals surface area contributed by atoms with Crippen LogP contribution in [0.4, 0.5) is 0 Å². The van der Waals surface area contributed by atoms with Crippen LogP contribution >= 0.6 is 11.3 Å². The van der Waals surface area contributed by atoms with Crippen molar-refractivity contribution in [3.8, 4) is 0 Å². The van der Waals surface area contributed by atoms with Gasteiger partial charge in [0.05, 0.1) is 48.7 Å². The maximum absolute atomic E-state index is 14.3. The first kappa shape index (κ1) is 46.0. The van der Waals surface area contributed by atoms with E-state index >= 15 is 0 Å². The fraction of sp³-hybridized carbons (Fsp3) is 0.690. The zero-order valence-corrected chi connectivity index (χ0v) is 36.1. The maximum Gasteiger partial charge on any atom is 0.245 e. The molecule has 4 amide bonds. The van der Waals surface area contributed by atoms with Gasteiger partial charge in [0.2, 0.25) is 23.6 Å². The molecule has 1 aliphatic heterocycles. The molecule has 1 saturated heterocycles. The summed E-state index contributed by atoms with van der Waals surface area (Å²) >= 11 is 1.51. The number of carbonyl (C=O) groups is 4. The van der Waals surface area contributed by atoms with Gasteiger partial charge in [0, 0.05) is 39.4 Å². The lowest BCUT2D eigenvalue weighted by atomic mass is 9.89. The molecule has 2 N–H and O–H groups in total. The number of carbonyl (C=O) groups excluding carboxylic acids is 4. The number of rotatable bonds is 21. The molecule has 55 heavy (non-hydrogen) atoms. The highest BCUT2D eigenvalue weighted by atomic mass is 32.1. The van der Waals surface area contributed by atoms with Crippen molar-refractivity contribution in [2.45, 2.75) is 123 Å². The molecule has 0 spiro atoms. The first-order valence-corrected chi connectivity index (χ1v) is 20.8. The Labute approximate surface area is 334 Å². The van der Waals surface area contributed by atoms with Crippen LogP contribution in [0.25, 0.3) is 0 Å². The van der Waals surface area contributed by atoms with Crippen molar-refractivity contribution in [1.82, 2.24) is 30.3 Å². The van der Waals surface area contributed by atoms with Crippen molar-refractivity contribution >= 4 is 35.0 Å². The lowest BCUT2D eigenvalue weighted by molar-refractivity contribution is -0.148. The molecule has 1 aliphatic rings. The van der Waals surface area contributed by atoms with Gasteiger partial charge in [-0.3, -0.25) is 24.1 Å². The topological polar surface area (TPSA) is 133 Å². The molecular formula is C42H68N6O6S. The third-order valence-corrected chi connectivity index (χ3v) is 12.2. The van der Waals surface area contributed by atoms with Crippen LogP contribution in [0, 0.1) is 23.7 Å². The smallest absolute Gasteiger partial charge is 0.245 e. The van der Waals surface area contributed by atoms with E-state index in [0.29, 0.717) is 19.4 Å². The third kappa shape index (κ3) is 12.1. The molecule has 1 aromatic carbocycles. The van der Waals surface area contributed by atoms with Gasteiger partial charge in [0.1, 0.15) is 11.0 Å². The van der Waals surface area contributed by atoms with Gasteiger partial charge in [0.25, 0.3) is 0 Å².